The van der Waals surface area contributed by atoms with Gasteiger partial charge in [-0.2, -0.15) is 0 Å². The van der Waals surface area contributed by atoms with Crippen molar-refractivity contribution in [3.05, 3.63) is 0 Å². The summed E-state index contributed by atoms with van der Waals surface area (Å²) < 4.78 is 0. The van der Waals surface area contributed by atoms with E-state index in [1.54, 1.807) is 0 Å². The summed E-state index contributed by atoms with van der Waals surface area (Å²) in [5.41, 5.74) is 0. The van der Waals surface area contributed by atoms with Crippen LogP contribution >= 0.6 is 0 Å². The van der Waals surface area contributed by atoms with Crippen LogP contribution in [-0.2, 0) is 0 Å². The minimum absolute atomic E-state index is 0.332. The summed E-state index contributed by atoms with van der Waals surface area (Å²) in [5, 5.41) is 59.6. The van der Waals surface area contributed by atoms with Crippen LogP contribution < -0.4 is 0 Å². The van der Waals surface area contributed by atoms with E-state index in [-0.39, 0.29) is 11.8 Å². The summed E-state index contributed by atoms with van der Waals surface area (Å²) in [5.74, 6) is -1.59. The molecule has 10 atom stereocenters. The van der Waals surface area contributed by atoms with Crippen molar-refractivity contribution in [2.24, 2.45) is 23.7 Å². The third kappa shape index (κ3) is 1.44. The number of hydrogen-bond donors (Lipinski definition) is 6. The van der Waals surface area contributed by atoms with Gasteiger partial charge < -0.3 is 30.6 Å². The van der Waals surface area contributed by atoms with E-state index in [0.29, 0.717) is 12.8 Å². The zero-order valence-corrected chi connectivity index (χ0v) is 9.87. The van der Waals surface area contributed by atoms with E-state index >= 15 is 0 Å². The van der Waals surface area contributed by atoms with Gasteiger partial charge in [0.05, 0.1) is 24.4 Å². The summed E-state index contributed by atoms with van der Waals surface area (Å²) >= 11 is 0. The molecule has 0 aromatic carbocycles. The Balaban J connectivity index is 1.98. The molecule has 0 radical (unpaired) electrons. The molecule has 0 aliphatic heterocycles. The molecule has 2 bridgehead atoms. The topological polar surface area (TPSA) is 121 Å². The lowest BCUT2D eigenvalue weighted by molar-refractivity contribution is -0.264. The zero-order chi connectivity index (χ0) is 13.2. The van der Waals surface area contributed by atoms with Crippen molar-refractivity contribution < 1.29 is 30.6 Å². The number of fused-ring (bicyclic) bond motifs is 2. The Morgan fingerprint density at radius 1 is 0.444 bits per heavy atom. The Morgan fingerprint density at radius 3 is 1.11 bits per heavy atom. The predicted octanol–water partition coefficient (Wildman–Crippen LogP) is -2.56. The molecule has 4 aliphatic rings. The summed E-state index contributed by atoms with van der Waals surface area (Å²) in [6.45, 7) is 0. The van der Waals surface area contributed by atoms with Crippen molar-refractivity contribution in [2.45, 2.75) is 49.5 Å². The molecular formula is C12H20O6. The van der Waals surface area contributed by atoms with Crippen molar-refractivity contribution in [2.75, 3.05) is 0 Å². The molecule has 6 nitrogen and oxygen atoms in total. The van der Waals surface area contributed by atoms with E-state index in [1.807, 2.05) is 0 Å². The quantitative estimate of drug-likeness (QED) is 0.285. The van der Waals surface area contributed by atoms with Gasteiger partial charge in [-0.05, 0) is 36.5 Å². The van der Waals surface area contributed by atoms with Gasteiger partial charge in [0, 0.05) is 0 Å². The molecule has 0 amide bonds. The fourth-order valence-electron chi connectivity index (χ4n) is 4.47. The highest BCUT2D eigenvalue weighted by molar-refractivity contribution is 5.11. The van der Waals surface area contributed by atoms with Gasteiger partial charge in [0.2, 0.25) is 0 Å². The first-order valence-corrected chi connectivity index (χ1v) is 6.53. The fourth-order valence-corrected chi connectivity index (χ4v) is 4.47. The maximum atomic E-state index is 10.1. The van der Waals surface area contributed by atoms with E-state index < -0.39 is 48.5 Å². The highest BCUT2D eigenvalue weighted by atomic mass is 16.4. The van der Waals surface area contributed by atoms with Crippen LogP contribution in [0.4, 0.5) is 0 Å². The van der Waals surface area contributed by atoms with Crippen molar-refractivity contribution in [1.82, 2.24) is 0 Å². The van der Waals surface area contributed by atoms with Crippen molar-refractivity contribution in [1.29, 1.82) is 0 Å². The van der Waals surface area contributed by atoms with Gasteiger partial charge >= 0.3 is 0 Å². The van der Waals surface area contributed by atoms with Gasteiger partial charge in [-0.3, -0.25) is 0 Å². The first kappa shape index (κ1) is 12.8. The first-order chi connectivity index (χ1) is 8.45. The molecule has 0 saturated heterocycles. The van der Waals surface area contributed by atoms with Crippen LogP contribution in [0, 0.1) is 23.7 Å². The Morgan fingerprint density at radius 2 is 0.778 bits per heavy atom. The lowest BCUT2D eigenvalue weighted by Gasteiger charge is -2.59. The van der Waals surface area contributed by atoms with Gasteiger partial charge in [0.15, 0.2) is 0 Å². The Bertz CT molecular complexity index is 301. The van der Waals surface area contributed by atoms with Gasteiger partial charge in [0.1, 0.15) is 12.2 Å². The van der Waals surface area contributed by atoms with E-state index in [2.05, 4.69) is 0 Å². The summed E-state index contributed by atoms with van der Waals surface area (Å²) in [6, 6.07) is 0. The molecule has 18 heavy (non-hydrogen) atoms. The maximum absolute atomic E-state index is 10.1. The van der Waals surface area contributed by atoms with E-state index in [1.165, 1.54) is 0 Å². The molecule has 6 heteroatoms. The molecule has 4 rings (SSSR count). The van der Waals surface area contributed by atoms with Crippen LogP contribution in [0.1, 0.15) is 12.8 Å². The largest absolute Gasteiger partial charge is 0.390 e. The minimum Gasteiger partial charge on any atom is -0.390 e. The Hall–Kier alpha value is -0.240. The number of hydrogen-bond acceptors (Lipinski definition) is 6. The SMILES string of the molecule is O[C@@H]1[C@H](O)[C@@H](O)[C@H]2[C@H]3CC[C@H]([C@@H](O)[C@H]3O)[C@H]2[C@H]1O. The van der Waals surface area contributed by atoms with E-state index in [0.717, 1.165) is 0 Å². The minimum atomic E-state index is -1.40. The second-order valence-electron chi connectivity index (χ2n) is 6.00. The zero-order valence-electron chi connectivity index (χ0n) is 9.87. The Kier molecular flexibility index (Phi) is 2.93. The number of aliphatic hydroxyl groups is 6. The monoisotopic (exact) mass is 260 g/mol. The molecule has 4 aliphatic carbocycles. The van der Waals surface area contributed by atoms with Crippen LogP contribution in [-0.4, -0.2) is 67.3 Å². The summed E-state index contributed by atoms with van der Waals surface area (Å²) in [4.78, 5) is 0. The average Bonchev–Trinajstić information content (AvgIpc) is 2.38. The van der Waals surface area contributed by atoms with E-state index in [4.69, 9.17) is 0 Å². The van der Waals surface area contributed by atoms with Gasteiger partial charge in [-0.1, -0.05) is 0 Å². The van der Waals surface area contributed by atoms with Gasteiger partial charge in [0.25, 0.3) is 0 Å². The van der Waals surface area contributed by atoms with Crippen LogP contribution in [0.5, 0.6) is 0 Å². The second kappa shape index (κ2) is 4.13. The fraction of sp³-hybridized carbons (Fsp3) is 1.00. The smallest absolute Gasteiger partial charge is 0.109 e. The molecule has 104 valence electrons. The lowest BCUT2D eigenvalue weighted by Crippen LogP contribution is -2.69. The molecule has 6 N–H and O–H groups in total. The average molecular weight is 260 g/mol. The molecule has 0 aromatic rings. The summed E-state index contributed by atoms with van der Waals surface area (Å²) in [7, 11) is 0. The molecule has 0 heterocycles. The van der Waals surface area contributed by atoms with Crippen LogP contribution in [0.25, 0.3) is 0 Å². The normalized spacial score (nSPS) is 63.7. The first-order valence-electron chi connectivity index (χ1n) is 6.53. The van der Waals surface area contributed by atoms with Crippen LogP contribution in [0.3, 0.4) is 0 Å². The molecular weight excluding hydrogens is 240 g/mol. The second-order valence-corrected chi connectivity index (χ2v) is 6.00. The molecule has 0 unspecified atom stereocenters. The highest BCUT2D eigenvalue weighted by Crippen LogP contribution is 2.54. The molecule has 4 fully saturated rings. The lowest BCUT2D eigenvalue weighted by atomic mass is 9.50. The van der Waals surface area contributed by atoms with Crippen molar-refractivity contribution in [3.8, 4) is 0 Å². The maximum Gasteiger partial charge on any atom is 0.109 e. The third-order valence-electron chi connectivity index (χ3n) is 5.33. The molecule has 0 aromatic heterocycles. The molecule has 0 spiro atoms. The van der Waals surface area contributed by atoms with Crippen LogP contribution in [0.2, 0.25) is 0 Å². The van der Waals surface area contributed by atoms with Crippen molar-refractivity contribution >= 4 is 0 Å². The van der Waals surface area contributed by atoms with Crippen molar-refractivity contribution in [3.63, 3.8) is 0 Å². The van der Waals surface area contributed by atoms with E-state index in [9.17, 15) is 30.6 Å². The van der Waals surface area contributed by atoms with Gasteiger partial charge in [-0.15, -0.1) is 0 Å². The predicted molar refractivity (Wildman–Crippen MR) is 59.2 cm³/mol. The van der Waals surface area contributed by atoms with Crippen LogP contribution in [0.15, 0.2) is 0 Å². The third-order valence-corrected chi connectivity index (χ3v) is 5.33. The molecule has 4 saturated carbocycles. The number of rotatable bonds is 0. The number of aliphatic hydroxyl groups excluding tert-OH is 6. The Labute approximate surface area is 105 Å². The standard InChI is InChI=1S/C12H20O6/c13-7-3-1-2-4(8(7)14)6-5(3)9(15)11(17)12(18)10(6)16/h3-18H,1-2H2/t3-,4+,5+,6-,7+,8-,9+,10-,11-,12+. The van der Waals surface area contributed by atoms with Gasteiger partial charge in [-0.25, -0.2) is 0 Å². The summed E-state index contributed by atoms with van der Waals surface area (Å²) in [6.07, 6.45) is -5.64. The highest BCUT2D eigenvalue weighted by Gasteiger charge is 2.62.